The summed E-state index contributed by atoms with van der Waals surface area (Å²) < 4.78 is 1.40. The van der Waals surface area contributed by atoms with Gasteiger partial charge in [0.1, 0.15) is 0 Å². The lowest BCUT2D eigenvalue weighted by molar-refractivity contribution is 0.0688. The van der Waals surface area contributed by atoms with E-state index >= 15 is 0 Å². The number of aromatic nitrogens is 2. The van der Waals surface area contributed by atoms with Gasteiger partial charge >= 0.3 is 5.97 Å². The Bertz CT molecular complexity index is 379. The van der Waals surface area contributed by atoms with Gasteiger partial charge in [-0.05, 0) is 19.9 Å². The smallest absolute Gasteiger partial charge is 0.356 e. The van der Waals surface area contributed by atoms with Crippen LogP contribution >= 0.6 is 0 Å². The molecule has 0 unspecified atom stereocenters. The van der Waals surface area contributed by atoms with Gasteiger partial charge in [0, 0.05) is 12.1 Å². The van der Waals surface area contributed by atoms with Crippen LogP contribution in [0.15, 0.2) is 6.07 Å². The van der Waals surface area contributed by atoms with E-state index in [1.807, 2.05) is 0 Å². The van der Waals surface area contributed by atoms with Gasteiger partial charge in [-0.3, -0.25) is 4.68 Å². The molecule has 1 rings (SSSR count). The Labute approximate surface area is 93.1 Å². The molecule has 0 spiro atoms. The predicted octanol–water partition coefficient (Wildman–Crippen LogP) is -0.113. The first-order valence-electron chi connectivity index (χ1n) is 4.97. The van der Waals surface area contributed by atoms with Gasteiger partial charge in [0.05, 0.1) is 18.8 Å². The van der Waals surface area contributed by atoms with Gasteiger partial charge in [-0.25, -0.2) is 4.79 Å². The number of aliphatic hydroxyl groups excluding tert-OH is 1. The highest BCUT2D eigenvalue weighted by Crippen LogP contribution is 2.14. The Balaban J connectivity index is 3.00. The number of rotatable bonds is 5. The van der Waals surface area contributed by atoms with E-state index in [1.54, 1.807) is 13.8 Å². The maximum atomic E-state index is 10.7. The minimum atomic E-state index is -1.12. The number of nitrogens with zero attached hydrogens (tertiary/aromatic N) is 2. The molecule has 16 heavy (non-hydrogen) atoms. The molecule has 0 atom stereocenters. The number of hydrogen-bond donors (Lipinski definition) is 3. The summed E-state index contributed by atoms with van der Waals surface area (Å²) in [5.74, 6) is -1.12. The van der Waals surface area contributed by atoms with Crippen molar-refractivity contribution in [2.75, 3.05) is 6.61 Å². The van der Waals surface area contributed by atoms with E-state index < -0.39 is 11.6 Å². The largest absolute Gasteiger partial charge is 0.476 e. The maximum Gasteiger partial charge on any atom is 0.356 e. The molecule has 0 amide bonds. The van der Waals surface area contributed by atoms with Crippen LogP contribution in [-0.2, 0) is 13.0 Å². The van der Waals surface area contributed by atoms with Crippen molar-refractivity contribution in [1.29, 1.82) is 0 Å². The van der Waals surface area contributed by atoms with Crippen molar-refractivity contribution in [3.63, 3.8) is 0 Å². The first-order valence-corrected chi connectivity index (χ1v) is 4.97. The topological polar surface area (TPSA) is 95.6 Å². The van der Waals surface area contributed by atoms with Gasteiger partial charge in [-0.1, -0.05) is 0 Å². The Morgan fingerprint density at radius 1 is 1.56 bits per heavy atom. The average molecular weight is 228 g/mol. The van der Waals surface area contributed by atoms with E-state index in [-0.39, 0.29) is 25.3 Å². The number of carboxylic acid groups (broad SMARTS) is 1. The quantitative estimate of drug-likeness (QED) is 0.653. The monoisotopic (exact) mass is 228 g/mol. The minimum absolute atomic E-state index is 0.0762. The van der Waals surface area contributed by atoms with Crippen LogP contribution < -0.4 is 0 Å². The van der Waals surface area contributed by atoms with Gasteiger partial charge in [0.25, 0.3) is 0 Å². The molecule has 1 heterocycles. The average Bonchev–Trinajstić information content (AvgIpc) is 2.47. The standard InChI is InChI=1S/C10H16N2O4/c1-10(2,16)6-7-5-8(9(14)15)11-12(7)3-4-13/h5,13,16H,3-4,6H2,1-2H3,(H,14,15). The third-order valence-corrected chi connectivity index (χ3v) is 2.01. The molecule has 0 aromatic carbocycles. The summed E-state index contributed by atoms with van der Waals surface area (Å²) >= 11 is 0. The third-order valence-electron chi connectivity index (χ3n) is 2.01. The summed E-state index contributed by atoms with van der Waals surface area (Å²) in [6, 6.07) is 1.41. The number of aromatic carboxylic acids is 1. The van der Waals surface area contributed by atoms with E-state index in [2.05, 4.69) is 5.10 Å². The lowest BCUT2D eigenvalue weighted by Gasteiger charge is -2.17. The highest BCUT2D eigenvalue weighted by Gasteiger charge is 2.19. The highest BCUT2D eigenvalue weighted by molar-refractivity contribution is 5.85. The van der Waals surface area contributed by atoms with Crippen LogP contribution in [0, 0.1) is 0 Å². The van der Waals surface area contributed by atoms with Crippen molar-refractivity contribution < 1.29 is 20.1 Å². The predicted molar refractivity (Wildman–Crippen MR) is 56.3 cm³/mol. The van der Waals surface area contributed by atoms with Crippen LogP contribution in [-0.4, -0.2) is 43.3 Å². The molecule has 6 heteroatoms. The molecular weight excluding hydrogens is 212 g/mol. The molecule has 0 saturated carbocycles. The van der Waals surface area contributed by atoms with Gasteiger partial charge in [-0.15, -0.1) is 0 Å². The number of carboxylic acids is 1. The van der Waals surface area contributed by atoms with Gasteiger partial charge in [0.15, 0.2) is 5.69 Å². The lowest BCUT2D eigenvalue weighted by atomic mass is 10.0. The number of aliphatic hydroxyl groups is 2. The van der Waals surface area contributed by atoms with E-state index in [1.165, 1.54) is 10.7 Å². The first-order chi connectivity index (χ1) is 7.33. The second-order valence-corrected chi connectivity index (χ2v) is 4.26. The Hall–Kier alpha value is -1.40. The van der Waals surface area contributed by atoms with Crippen LogP contribution in [0.2, 0.25) is 0 Å². The summed E-state index contributed by atoms with van der Waals surface area (Å²) in [5.41, 5.74) is -0.421. The molecule has 0 aliphatic heterocycles. The van der Waals surface area contributed by atoms with E-state index in [9.17, 15) is 9.90 Å². The molecule has 6 nitrogen and oxygen atoms in total. The van der Waals surface area contributed by atoms with Crippen LogP contribution in [0.5, 0.6) is 0 Å². The van der Waals surface area contributed by atoms with Crippen molar-refractivity contribution in [3.8, 4) is 0 Å². The molecule has 1 aromatic rings. The molecule has 0 saturated heterocycles. The molecule has 3 N–H and O–H groups in total. The van der Waals surface area contributed by atoms with E-state index in [4.69, 9.17) is 10.2 Å². The van der Waals surface area contributed by atoms with Crippen LogP contribution in [0.1, 0.15) is 30.0 Å². The first kappa shape index (κ1) is 12.7. The van der Waals surface area contributed by atoms with Crippen molar-refractivity contribution in [3.05, 3.63) is 17.5 Å². The second-order valence-electron chi connectivity index (χ2n) is 4.26. The third kappa shape index (κ3) is 3.32. The number of hydrogen-bond acceptors (Lipinski definition) is 4. The summed E-state index contributed by atoms with van der Waals surface area (Å²) in [5, 5.41) is 31.1. The molecule has 0 bridgehead atoms. The van der Waals surface area contributed by atoms with Crippen molar-refractivity contribution >= 4 is 5.97 Å². The zero-order chi connectivity index (χ0) is 12.3. The van der Waals surface area contributed by atoms with Crippen LogP contribution in [0.4, 0.5) is 0 Å². The molecule has 0 aliphatic rings. The Morgan fingerprint density at radius 2 is 2.19 bits per heavy atom. The zero-order valence-corrected chi connectivity index (χ0v) is 9.34. The van der Waals surface area contributed by atoms with Crippen molar-refractivity contribution in [2.24, 2.45) is 0 Å². The van der Waals surface area contributed by atoms with Crippen LogP contribution in [0.3, 0.4) is 0 Å². The zero-order valence-electron chi connectivity index (χ0n) is 9.34. The van der Waals surface area contributed by atoms with Gasteiger partial charge in [0.2, 0.25) is 0 Å². The molecule has 0 aliphatic carbocycles. The molecule has 90 valence electrons. The number of carbonyl (C=O) groups is 1. The van der Waals surface area contributed by atoms with Crippen LogP contribution in [0.25, 0.3) is 0 Å². The van der Waals surface area contributed by atoms with Crippen molar-refractivity contribution in [2.45, 2.75) is 32.4 Å². The summed E-state index contributed by atoms with van der Waals surface area (Å²) in [6.07, 6.45) is 0.285. The summed E-state index contributed by atoms with van der Waals surface area (Å²) in [6.45, 7) is 3.35. The highest BCUT2D eigenvalue weighted by atomic mass is 16.4. The SMILES string of the molecule is CC(C)(O)Cc1cc(C(=O)O)nn1CCO. The fraction of sp³-hybridized carbons (Fsp3) is 0.600. The van der Waals surface area contributed by atoms with E-state index in [0.29, 0.717) is 5.69 Å². The normalized spacial score (nSPS) is 11.8. The van der Waals surface area contributed by atoms with Gasteiger partial charge < -0.3 is 15.3 Å². The van der Waals surface area contributed by atoms with Crippen molar-refractivity contribution in [1.82, 2.24) is 9.78 Å². The Kier molecular flexibility index (Phi) is 3.66. The molecule has 0 radical (unpaired) electrons. The summed E-state index contributed by atoms with van der Waals surface area (Å²) in [4.78, 5) is 10.7. The van der Waals surface area contributed by atoms with Gasteiger partial charge in [-0.2, -0.15) is 5.10 Å². The maximum absolute atomic E-state index is 10.7. The molecule has 0 fully saturated rings. The van der Waals surface area contributed by atoms with E-state index in [0.717, 1.165) is 0 Å². The molecule has 1 aromatic heterocycles. The summed E-state index contributed by atoms with van der Waals surface area (Å²) in [7, 11) is 0. The molecular formula is C10H16N2O4. The fourth-order valence-corrected chi connectivity index (χ4v) is 1.43. The fourth-order valence-electron chi connectivity index (χ4n) is 1.43. The second kappa shape index (κ2) is 4.63. The Morgan fingerprint density at radius 3 is 2.62 bits per heavy atom. The lowest BCUT2D eigenvalue weighted by Crippen LogP contribution is -2.24. The minimum Gasteiger partial charge on any atom is -0.476 e.